The molecule has 18 heteroatoms. The molecule has 4 aromatic rings. The summed E-state index contributed by atoms with van der Waals surface area (Å²) in [6.45, 7) is 9.38. The second kappa shape index (κ2) is 17.9. The van der Waals surface area contributed by atoms with E-state index in [2.05, 4.69) is 0 Å². The summed E-state index contributed by atoms with van der Waals surface area (Å²) in [7, 11) is -15.6. The van der Waals surface area contributed by atoms with Crippen LogP contribution in [0.2, 0.25) is 0 Å². The van der Waals surface area contributed by atoms with Crippen molar-refractivity contribution in [2.45, 2.75) is 85.5 Å². The summed E-state index contributed by atoms with van der Waals surface area (Å²) in [6, 6.07) is 24.2. The van der Waals surface area contributed by atoms with Crippen molar-refractivity contribution in [2.75, 3.05) is 39.3 Å². The van der Waals surface area contributed by atoms with Gasteiger partial charge < -0.3 is 5.11 Å². The number of aliphatic hydroxyl groups excluding tert-OH is 1. The van der Waals surface area contributed by atoms with Gasteiger partial charge in [0.2, 0.25) is 40.1 Å². The van der Waals surface area contributed by atoms with E-state index in [0.717, 1.165) is 35.2 Å². The molecule has 2 fully saturated rings. The van der Waals surface area contributed by atoms with E-state index in [9.17, 15) is 43.2 Å². The predicted octanol–water partition coefficient (Wildman–Crippen LogP) is 4.47. The van der Waals surface area contributed by atoms with Crippen LogP contribution in [0.1, 0.15) is 36.1 Å². The summed E-state index contributed by atoms with van der Waals surface area (Å²) in [5, 5.41) is 10.4. The molecule has 4 unspecified atom stereocenters. The molecule has 0 bridgehead atoms. The van der Waals surface area contributed by atoms with Gasteiger partial charge in [0.1, 0.15) is 6.17 Å². The molecule has 2 saturated heterocycles. The number of benzene rings is 4. The molecule has 6 rings (SSSR count). The maximum absolute atomic E-state index is 14.7. The number of aryl methyl sites for hydroxylation is 4. The van der Waals surface area contributed by atoms with Gasteiger partial charge in [-0.3, -0.25) is 0 Å². The fourth-order valence-corrected chi connectivity index (χ4v) is 13.1. The quantitative estimate of drug-likeness (QED) is 0.269. The molecule has 13 nitrogen and oxygen atoms in total. The summed E-state index contributed by atoms with van der Waals surface area (Å²) < 4.78 is 124. The van der Waals surface area contributed by atoms with Gasteiger partial charge in [-0.25, -0.2) is 38.1 Å². The molecule has 2 aliphatic heterocycles. The topological polar surface area (TPSA) is 170 Å². The van der Waals surface area contributed by atoms with Crippen LogP contribution in [-0.2, 0) is 40.1 Å². The number of sulfonamides is 4. The van der Waals surface area contributed by atoms with E-state index in [4.69, 9.17) is 0 Å². The molecule has 1 N–H and O–H groups in total. The summed E-state index contributed by atoms with van der Waals surface area (Å²) >= 11 is 0. The number of hydrogen-bond acceptors (Lipinski definition) is 9. The van der Waals surface area contributed by atoms with Gasteiger partial charge in [-0.1, -0.05) is 70.8 Å². The molecule has 2 aliphatic rings. The Morgan fingerprint density at radius 3 is 1.03 bits per heavy atom. The maximum atomic E-state index is 14.7. The third kappa shape index (κ3) is 10.2. The smallest absolute Gasteiger partial charge is 0.243 e. The van der Waals surface area contributed by atoms with Crippen molar-refractivity contribution in [1.82, 2.24) is 17.2 Å². The van der Waals surface area contributed by atoms with E-state index < -0.39 is 71.0 Å². The summed E-state index contributed by atoms with van der Waals surface area (Å²) in [6.07, 6.45) is -2.78. The van der Waals surface area contributed by atoms with Crippen molar-refractivity contribution in [2.24, 2.45) is 0 Å². The average molecular weight is 879 g/mol. The van der Waals surface area contributed by atoms with E-state index in [1.54, 1.807) is 62.4 Å². The lowest BCUT2D eigenvalue weighted by Crippen LogP contribution is -2.44. The Balaban J connectivity index is 0.000000221. The lowest BCUT2D eigenvalue weighted by molar-refractivity contribution is 0.142. The number of aliphatic hydroxyl groups is 1. The number of nitrogens with zero attached hydrogens (tertiary/aromatic N) is 4. The lowest BCUT2D eigenvalue weighted by Gasteiger charge is -2.28. The van der Waals surface area contributed by atoms with Gasteiger partial charge in [0.15, 0.2) is 0 Å². The number of halogens is 1. The van der Waals surface area contributed by atoms with Gasteiger partial charge in [0, 0.05) is 51.4 Å². The Labute approximate surface area is 342 Å². The summed E-state index contributed by atoms with van der Waals surface area (Å²) in [5.41, 5.74) is 3.69. The minimum Gasteiger partial charge on any atom is -0.390 e. The molecule has 316 valence electrons. The van der Waals surface area contributed by atoms with Crippen LogP contribution in [0, 0.1) is 27.7 Å². The molecule has 4 atom stereocenters. The molecule has 0 saturated carbocycles. The summed E-state index contributed by atoms with van der Waals surface area (Å²) in [5.74, 6) is 0. The zero-order valence-electron chi connectivity index (χ0n) is 33.3. The third-order valence-electron chi connectivity index (χ3n) is 10.1. The Hall–Kier alpha value is -3.59. The highest BCUT2D eigenvalue weighted by Crippen LogP contribution is 2.28. The van der Waals surface area contributed by atoms with Gasteiger partial charge >= 0.3 is 0 Å². The van der Waals surface area contributed by atoms with Crippen molar-refractivity contribution in [3.63, 3.8) is 0 Å². The highest BCUT2D eigenvalue weighted by molar-refractivity contribution is 7.90. The van der Waals surface area contributed by atoms with Gasteiger partial charge in [-0.2, -0.15) is 17.2 Å². The Morgan fingerprint density at radius 2 is 0.707 bits per heavy atom. The first kappa shape index (κ1) is 45.5. The number of β-amino-alcohol motifs (C(OH)–C–C–N with tert-alkyl or cyclic N) is 1. The van der Waals surface area contributed by atoms with E-state index in [1.165, 1.54) is 52.8 Å². The Kier molecular flexibility index (Phi) is 14.1. The van der Waals surface area contributed by atoms with E-state index >= 15 is 0 Å². The van der Waals surface area contributed by atoms with Crippen LogP contribution < -0.4 is 0 Å². The van der Waals surface area contributed by atoms with Crippen LogP contribution in [0.5, 0.6) is 0 Å². The van der Waals surface area contributed by atoms with Crippen LogP contribution in [0.4, 0.5) is 4.39 Å². The van der Waals surface area contributed by atoms with E-state index in [0.29, 0.717) is 0 Å². The molecule has 0 aromatic heterocycles. The second-order valence-corrected chi connectivity index (χ2v) is 22.7. The Morgan fingerprint density at radius 1 is 0.431 bits per heavy atom. The minimum absolute atomic E-state index is 0.0433. The SMILES string of the molecule is Cc1ccc(S(=O)(=O)N2CC(F)CN(S(=O)(=O)c3ccc(C)cc3)C(C)C2)cc1.Cc1ccc(S(=O)(=O)N2CC(O)CN(S(=O)(=O)c3ccc(C)cc3)C(C)C2)cc1. The molecular formula is C40H51FN4O9S4. The average Bonchev–Trinajstić information content (AvgIpc) is 3.43. The third-order valence-corrected chi connectivity index (χ3v) is 17.8. The predicted molar refractivity (Wildman–Crippen MR) is 220 cm³/mol. The number of hydrogen-bond donors (Lipinski definition) is 1. The highest BCUT2D eigenvalue weighted by Gasteiger charge is 2.41. The standard InChI is InChI=1S/C20H25FN2O4S2.C20H26N2O5S2/c1-15-4-8-19(9-5-15)28(24,25)22-12-17(3)23(14-18(21)13-22)29(26,27)20-10-6-16(2)7-11-20;1-15-4-8-19(9-5-15)28(24,25)21-12-17(3)22(14-18(23)13-21)29(26,27)20-10-6-16(2)7-11-20/h4-11,17-18H,12-14H2,1-3H3;4-11,17-18,23H,12-14H2,1-3H3. The largest absolute Gasteiger partial charge is 0.390 e. The van der Waals surface area contributed by atoms with Crippen LogP contribution in [-0.4, -0.2) is 120 Å². The normalized spacial score (nSPS) is 22.3. The lowest BCUT2D eigenvalue weighted by atomic mass is 10.2. The molecule has 0 spiro atoms. The molecule has 0 amide bonds. The molecule has 0 radical (unpaired) electrons. The van der Waals surface area contributed by atoms with Crippen molar-refractivity contribution >= 4 is 40.1 Å². The fraction of sp³-hybridized carbons (Fsp3) is 0.400. The first-order chi connectivity index (χ1) is 27.0. The molecular weight excluding hydrogens is 828 g/mol. The second-order valence-electron chi connectivity index (χ2n) is 15.0. The van der Waals surface area contributed by atoms with Gasteiger partial charge in [0.25, 0.3) is 0 Å². The zero-order chi connectivity index (χ0) is 42.8. The molecule has 2 heterocycles. The van der Waals surface area contributed by atoms with Gasteiger partial charge in [0.05, 0.1) is 25.7 Å². The van der Waals surface area contributed by atoms with Crippen LogP contribution >= 0.6 is 0 Å². The monoisotopic (exact) mass is 878 g/mol. The Bertz CT molecular complexity index is 2310. The van der Waals surface area contributed by atoms with Gasteiger partial charge in [-0.15, -0.1) is 0 Å². The molecule has 0 aliphatic carbocycles. The zero-order valence-corrected chi connectivity index (χ0v) is 36.6. The minimum atomic E-state index is -3.95. The number of rotatable bonds is 8. The summed E-state index contributed by atoms with van der Waals surface area (Å²) in [4.78, 5) is 0.378. The first-order valence-corrected chi connectivity index (χ1v) is 24.4. The van der Waals surface area contributed by atoms with Crippen LogP contribution in [0.15, 0.2) is 117 Å². The van der Waals surface area contributed by atoms with E-state index in [1.807, 2.05) is 27.7 Å². The van der Waals surface area contributed by atoms with Gasteiger partial charge in [-0.05, 0) is 90.1 Å². The number of alkyl halides is 1. The van der Waals surface area contributed by atoms with Crippen LogP contribution in [0.25, 0.3) is 0 Å². The van der Waals surface area contributed by atoms with Crippen molar-refractivity contribution < 1.29 is 43.2 Å². The molecule has 58 heavy (non-hydrogen) atoms. The fourth-order valence-electron chi connectivity index (χ4n) is 6.73. The van der Waals surface area contributed by atoms with Crippen molar-refractivity contribution in [1.29, 1.82) is 0 Å². The first-order valence-electron chi connectivity index (χ1n) is 18.7. The van der Waals surface area contributed by atoms with E-state index in [-0.39, 0.29) is 52.3 Å². The maximum Gasteiger partial charge on any atom is 0.243 e. The van der Waals surface area contributed by atoms with Crippen LogP contribution in [0.3, 0.4) is 0 Å². The van der Waals surface area contributed by atoms with Crippen molar-refractivity contribution in [3.05, 3.63) is 119 Å². The highest BCUT2D eigenvalue weighted by atomic mass is 32.2. The molecule has 4 aromatic carbocycles. The van der Waals surface area contributed by atoms with Crippen molar-refractivity contribution in [3.8, 4) is 0 Å².